The molecule has 2 fully saturated rings. The highest BCUT2D eigenvalue weighted by Crippen LogP contribution is 2.38. The summed E-state index contributed by atoms with van der Waals surface area (Å²) in [6.07, 6.45) is 7.11. The van der Waals surface area contributed by atoms with Gasteiger partial charge in [-0.3, -0.25) is 0 Å². The highest BCUT2D eigenvalue weighted by Gasteiger charge is 2.36. The lowest BCUT2D eigenvalue weighted by Crippen LogP contribution is -2.52. The van der Waals surface area contributed by atoms with Crippen LogP contribution >= 0.6 is 0 Å². The minimum Gasteiger partial charge on any atom is -0.444 e. The summed E-state index contributed by atoms with van der Waals surface area (Å²) in [7, 11) is 1.76. The van der Waals surface area contributed by atoms with Gasteiger partial charge >= 0.3 is 6.09 Å². The lowest BCUT2D eigenvalue weighted by Gasteiger charge is -2.39. The maximum Gasteiger partial charge on any atom is 0.410 e. The molecule has 1 aliphatic carbocycles. The number of unbranched alkanes of at least 4 members (excludes halogenated alkanes) is 1. The summed E-state index contributed by atoms with van der Waals surface area (Å²) in [5.74, 6) is 1.44. The van der Waals surface area contributed by atoms with Crippen LogP contribution in [0.25, 0.3) is 0 Å². The third-order valence-corrected chi connectivity index (χ3v) is 4.90. The zero-order valence-corrected chi connectivity index (χ0v) is 16.0. The number of ether oxygens (including phenoxy) is 2. The third-order valence-electron chi connectivity index (χ3n) is 4.90. The quantitative estimate of drug-likeness (QED) is 0.688. The van der Waals surface area contributed by atoms with E-state index in [-0.39, 0.29) is 6.09 Å². The molecule has 2 aliphatic rings. The highest BCUT2D eigenvalue weighted by molar-refractivity contribution is 5.68. The summed E-state index contributed by atoms with van der Waals surface area (Å²) in [6.45, 7) is 9.31. The highest BCUT2D eigenvalue weighted by atomic mass is 16.6. The number of carbonyl (C=O) groups is 1. The van der Waals surface area contributed by atoms with Crippen molar-refractivity contribution in [3.63, 3.8) is 0 Å². The molecule has 0 aromatic heterocycles. The van der Waals surface area contributed by atoms with E-state index < -0.39 is 5.60 Å². The monoisotopic (exact) mass is 340 g/mol. The summed E-state index contributed by atoms with van der Waals surface area (Å²) in [5, 5.41) is 3.74. The Labute approximate surface area is 147 Å². The SMILES string of the molecule is COCCCCNC1CCN(C(=O)OC(C)(C)C)CC1CC1CC1. The lowest BCUT2D eigenvalue weighted by atomic mass is 9.87. The summed E-state index contributed by atoms with van der Waals surface area (Å²) < 4.78 is 10.7. The number of hydrogen-bond acceptors (Lipinski definition) is 4. The van der Waals surface area contributed by atoms with Crippen LogP contribution in [-0.2, 0) is 9.47 Å². The van der Waals surface area contributed by atoms with Crippen molar-refractivity contribution in [3.8, 4) is 0 Å². The summed E-state index contributed by atoms with van der Waals surface area (Å²) >= 11 is 0. The molecule has 1 N–H and O–H groups in total. The van der Waals surface area contributed by atoms with Crippen LogP contribution in [0.3, 0.4) is 0 Å². The predicted octanol–water partition coefficient (Wildman–Crippen LogP) is 3.43. The first kappa shape index (κ1) is 19.5. The molecule has 5 heteroatoms. The van der Waals surface area contributed by atoms with Gasteiger partial charge < -0.3 is 19.7 Å². The number of amides is 1. The van der Waals surface area contributed by atoms with E-state index in [2.05, 4.69) is 5.32 Å². The molecule has 0 radical (unpaired) electrons. The molecule has 0 aromatic carbocycles. The Balaban J connectivity index is 1.81. The fourth-order valence-electron chi connectivity index (χ4n) is 3.47. The molecule has 5 nitrogen and oxygen atoms in total. The maximum absolute atomic E-state index is 12.4. The van der Waals surface area contributed by atoms with Gasteiger partial charge in [-0.25, -0.2) is 4.79 Å². The number of carbonyl (C=O) groups excluding carboxylic acids is 1. The molecule has 0 aromatic rings. The van der Waals surface area contributed by atoms with Gasteiger partial charge in [0.05, 0.1) is 0 Å². The van der Waals surface area contributed by atoms with E-state index >= 15 is 0 Å². The second-order valence-corrected chi connectivity index (χ2v) is 8.41. The zero-order valence-electron chi connectivity index (χ0n) is 16.0. The van der Waals surface area contributed by atoms with Crippen LogP contribution in [0, 0.1) is 11.8 Å². The van der Waals surface area contributed by atoms with Crippen LogP contribution < -0.4 is 5.32 Å². The van der Waals surface area contributed by atoms with Crippen molar-refractivity contribution in [2.75, 3.05) is 33.4 Å². The predicted molar refractivity (Wildman–Crippen MR) is 96.2 cm³/mol. The summed E-state index contributed by atoms with van der Waals surface area (Å²) in [4.78, 5) is 14.3. The fourth-order valence-corrected chi connectivity index (χ4v) is 3.47. The number of methoxy groups -OCH3 is 1. The average Bonchev–Trinajstić information content (AvgIpc) is 3.30. The van der Waals surface area contributed by atoms with E-state index in [1.54, 1.807) is 7.11 Å². The van der Waals surface area contributed by atoms with Gasteiger partial charge in [-0.2, -0.15) is 0 Å². The van der Waals surface area contributed by atoms with Crippen molar-refractivity contribution in [1.29, 1.82) is 0 Å². The molecule has 0 bridgehead atoms. The van der Waals surface area contributed by atoms with E-state index in [0.29, 0.717) is 12.0 Å². The van der Waals surface area contributed by atoms with Crippen LogP contribution in [0.1, 0.15) is 59.3 Å². The maximum atomic E-state index is 12.4. The Bertz CT molecular complexity index is 391. The van der Waals surface area contributed by atoms with Gasteiger partial charge in [0, 0.05) is 32.8 Å². The van der Waals surface area contributed by atoms with Crippen molar-refractivity contribution in [3.05, 3.63) is 0 Å². The Hall–Kier alpha value is -0.810. The number of piperidine rings is 1. The van der Waals surface area contributed by atoms with Gasteiger partial charge in [0.25, 0.3) is 0 Å². The second-order valence-electron chi connectivity index (χ2n) is 8.41. The minimum absolute atomic E-state index is 0.151. The van der Waals surface area contributed by atoms with Crippen LogP contribution in [0.4, 0.5) is 4.79 Å². The number of rotatable bonds is 8. The number of nitrogens with zero attached hydrogens (tertiary/aromatic N) is 1. The largest absolute Gasteiger partial charge is 0.444 e. The molecule has 2 atom stereocenters. The van der Waals surface area contributed by atoms with Gasteiger partial charge in [0.15, 0.2) is 0 Å². The standard InChI is InChI=1S/C19H36N2O3/c1-19(2,3)24-18(22)21-11-9-17(20-10-5-6-12-23-4)16(14-21)13-15-7-8-15/h15-17,20H,5-14H2,1-4H3. The Morgan fingerprint density at radius 2 is 1.96 bits per heavy atom. The Morgan fingerprint density at radius 3 is 2.58 bits per heavy atom. The molecular formula is C19H36N2O3. The van der Waals surface area contributed by atoms with E-state index in [9.17, 15) is 4.79 Å². The zero-order chi connectivity index (χ0) is 17.6. The number of nitrogens with one attached hydrogen (secondary N) is 1. The van der Waals surface area contributed by atoms with E-state index in [1.807, 2.05) is 25.7 Å². The topological polar surface area (TPSA) is 50.8 Å². The van der Waals surface area contributed by atoms with Crippen molar-refractivity contribution in [2.45, 2.75) is 70.9 Å². The van der Waals surface area contributed by atoms with Gasteiger partial charge in [-0.15, -0.1) is 0 Å². The van der Waals surface area contributed by atoms with Crippen LogP contribution in [-0.4, -0.2) is 56.0 Å². The van der Waals surface area contributed by atoms with Crippen LogP contribution in [0.15, 0.2) is 0 Å². The Kier molecular flexibility index (Phi) is 7.35. The van der Waals surface area contributed by atoms with Crippen molar-refractivity contribution < 1.29 is 14.3 Å². The molecule has 24 heavy (non-hydrogen) atoms. The first-order valence-electron chi connectivity index (χ1n) is 9.59. The first-order valence-corrected chi connectivity index (χ1v) is 9.59. The molecule has 1 heterocycles. The summed E-state index contributed by atoms with van der Waals surface area (Å²) in [6, 6.07) is 0.534. The van der Waals surface area contributed by atoms with Crippen LogP contribution in [0.2, 0.25) is 0 Å². The van der Waals surface area contributed by atoms with E-state index in [1.165, 1.54) is 19.3 Å². The molecule has 1 amide bonds. The molecule has 2 rings (SSSR count). The number of hydrogen-bond donors (Lipinski definition) is 1. The van der Waals surface area contributed by atoms with Crippen LogP contribution in [0.5, 0.6) is 0 Å². The molecule has 2 unspecified atom stereocenters. The number of likely N-dealkylation sites (tertiary alicyclic amines) is 1. The average molecular weight is 341 g/mol. The second kappa shape index (κ2) is 9.04. The lowest BCUT2D eigenvalue weighted by molar-refractivity contribution is 0.0121. The summed E-state index contributed by atoms with van der Waals surface area (Å²) in [5.41, 5.74) is -0.417. The van der Waals surface area contributed by atoms with Gasteiger partial charge in [0.1, 0.15) is 5.60 Å². The van der Waals surface area contributed by atoms with E-state index in [4.69, 9.17) is 9.47 Å². The molecule has 1 saturated carbocycles. The molecule has 140 valence electrons. The smallest absolute Gasteiger partial charge is 0.410 e. The fraction of sp³-hybridized carbons (Fsp3) is 0.947. The normalized spacial score (nSPS) is 24.9. The van der Waals surface area contributed by atoms with E-state index in [0.717, 1.165) is 51.4 Å². The Morgan fingerprint density at radius 1 is 1.21 bits per heavy atom. The molecule has 1 aliphatic heterocycles. The van der Waals surface area contributed by atoms with Gasteiger partial charge in [-0.1, -0.05) is 12.8 Å². The van der Waals surface area contributed by atoms with Gasteiger partial charge in [-0.05, 0) is 64.8 Å². The third kappa shape index (κ3) is 6.98. The molecule has 1 saturated heterocycles. The molecule has 0 spiro atoms. The van der Waals surface area contributed by atoms with Crippen molar-refractivity contribution in [2.24, 2.45) is 11.8 Å². The minimum atomic E-state index is -0.417. The van der Waals surface area contributed by atoms with Crippen molar-refractivity contribution in [1.82, 2.24) is 10.2 Å². The molecular weight excluding hydrogens is 304 g/mol. The van der Waals surface area contributed by atoms with Crippen molar-refractivity contribution >= 4 is 6.09 Å². The van der Waals surface area contributed by atoms with Gasteiger partial charge in [0.2, 0.25) is 0 Å². The first-order chi connectivity index (χ1) is 11.4.